The van der Waals surface area contributed by atoms with E-state index in [1.54, 1.807) is 13.8 Å². The zero-order chi connectivity index (χ0) is 16.1. The van der Waals surface area contributed by atoms with Gasteiger partial charge in [0, 0.05) is 25.3 Å². The molecule has 1 fully saturated rings. The Balaban J connectivity index is 0. The topological polar surface area (TPSA) is 54.5 Å². The predicted octanol–water partition coefficient (Wildman–Crippen LogP) is 3.58. The maximum absolute atomic E-state index is 11.5. The minimum Gasteiger partial charge on any atom is -0.300 e. The third-order valence-corrected chi connectivity index (χ3v) is 2.88. The average Bonchev–Trinajstić information content (AvgIpc) is 2.68. The third-order valence-electron chi connectivity index (χ3n) is 2.88. The number of unbranched alkanes of at least 4 members (excludes halogenated alkanes) is 2. The lowest BCUT2D eigenvalue weighted by Crippen LogP contribution is -2.31. The molecule has 1 unspecified atom stereocenters. The highest BCUT2D eigenvalue weighted by atomic mass is 16.2. The van der Waals surface area contributed by atoms with Gasteiger partial charge in [0.15, 0.2) is 0 Å². The normalized spacial score (nSPS) is 17.1. The molecule has 2 amide bonds. The molecule has 0 aromatic carbocycles. The van der Waals surface area contributed by atoms with E-state index in [0.29, 0.717) is 19.4 Å². The minimum absolute atomic E-state index is 0.0448. The first kappa shape index (κ1) is 21.1. The number of hydrogen-bond donors (Lipinski definition) is 0. The highest BCUT2D eigenvalue weighted by Gasteiger charge is 2.34. The van der Waals surface area contributed by atoms with Gasteiger partial charge in [-0.15, -0.1) is 0 Å². The fraction of sp³-hybridized carbons (Fsp3) is 0.812. The molecule has 0 N–H and O–H groups in total. The summed E-state index contributed by atoms with van der Waals surface area (Å²) in [6, 6.07) is 0. The summed E-state index contributed by atoms with van der Waals surface area (Å²) in [5.41, 5.74) is 0. The largest absolute Gasteiger partial charge is 0.300 e. The number of likely N-dealkylation sites (tertiary alicyclic amines) is 1. The van der Waals surface area contributed by atoms with Crippen LogP contribution >= 0.6 is 0 Å². The van der Waals surface area contributed by atoms with E-state index in [9.17, 15) is 14.4 Å². The van der Waals surface area contributed by atoms with Crippen LogP contribution < -0.4 is 0 Å². The van der Waals surface area contributed by atoms with Crippen LogP contribution in [0.1, 0.15) is 73.6 Å². The van der Waals surface area contributed by atoms with Crippen molar-refractivity contribution >= 4 is 17.6 Å². The smallest absolute Gasteiger partial charge is 0.232 e. The second-order valence-electron chi connectivity index (χ2n) is 4.50. The van der Waals surface area contributed by atoms with Crippen molar-refractivity contribution in [2.24, 2.45) is 5.92 Å². The molecule has 1 atom stereocenters. The lowest BCUT2D eigenvalue weighted by atomic mass is 10.1. The van der Waals surface area contributed by atoms with E-state index in [4.69, 9.17) is 0 Å². The molecule has 0 radical (unpaired) electrons. The number of ketones is 1. The Bertz CT molecular complexity index is 300. The van der Waals surface area contributed by atoms with E-state index >= 15 is 0 Å². The molecule has 20 heavy (non-hydrogen) atoms. The van der Waals surface area contributed by atoms with Crippen molar-refractivity contribution in [3.05, 3.63) is 0 Å². The number of carbonyl (C=O) groups is 3. The van der Waals surface area contributed by atoms with E-state index in [1.165, 1.54) is 4.90 Å². The van der Waals surface area contributed by atoms with Gasteiger partial charge in [0.2, 0.25) is 11.8 Å². The Kier molecular flexibility index (Phi) is 13.5. The van der Waals surface area contributed by atoms with Gasteiger partial charge >= 0.3 is 0 Å². The van der Waals surface area contributed by atoms with E-state index < -0.39 is 0 Å². The zero-order valence-corrected chi connectivity index (χ0v) is 14.0. The Hall–Kier alpha value is -1.19. The molecular weight excluding hydrogens is 254 g/mol. The maximum Gasteiger partial charge on any atom is 0.232 e. The molecule has 1 saturated heterocycles. The fourth-order valence-electron chi connectivity index (χ4n) is 1.90. The van der Waals surface area contributed by atoms with Gasteiger partial charge in [0.1, 0.15) is 5.78 Å². The zero-order valence-electron chi connectivity index (χ0n) is 14.0. The predicted molar refractivity (Wildman–Crippen MR) is 82.3 cm³/mol. The highest BCUT2D eigenvalue weighted by Crippen LogP contribution is 2.19. The molecule has 0 spiro atoms. The van der Waals surface area contributed by atoms with Crippen LogP contribution in [0.2, 0.25) is 0 Å². The summed E-state index contributed by atoms with van der Waals surface area (Å²) in [4.78, 5) is 35.0. The SMILES string of the molecule is CC.CC.CC(=O)CCCCCN1C(=O)CC(C)C1=O. The fourth-order valence-corrected chi connectivity index (χ4v) is 1.90. The Morgan fingerprint density at radius 1 is 1.10 bits per heavy atom. The molecule has 0 aromatic rings. The minimum atomic E-state index is -0.148. The summed E-state index contributed by atoms with van der Waals surface area (Å²) in [6.45, 7) is 11.9. The van der Waals surface area contributed by atoms with Crippen molar-refractivity contribution in [2.75, 3.05) is 6.54 Å². The molecule has 1 rings (SSSR count). The molecule has 4 heteroatoms. The van der Waals surface area contributed by atoms with Crippen LogP contribution in [-0.4, -0.2) is 29.0 Å². The summed E-state index contributed by atoms with van der Waals surface area (Å²) in [5, 5.41) is 0. The third kappa shape index (κ3) is 8.08. The molecule has 1 heterocycles. The molecule has 4 nitrogen and oxygen atoms in total. The van der Waals surface area contributed by atoms with Crippen molar-refractivity contribution in [1.82, 2.24) is 4.90 Å². The lowest BCUT2D eigenvalue weighted by Gasteiger charge is -2.13. The molecule has 1 aliphatic heterocycles. The van der Waals surface area contributed by atoms with Gasteiger partial charge in [-0.2, -0.15) is 0 Å². The molecule has 0 aliphatic carbocycles. The number of rotatable bonds is 6. The second-order valence-corrected chi connectivity index (χ2v) is 4.50. The summed E-state index contributed by atoms with van der Waals surface area (Å²) < 4.78 is 0. The van der Waals surface area contributed by atoms with Crippen LogP contribution in [0.5, 0.6) is 0 Å². The Morgan fingerprint density at radius 2 is 1.65 bits per heavy atom. The number of Topliss-reactive ketones (excluding diaryl/α,β-unsaturated/α-hetero) is 1. The number of amides is 2. The quantitative estimate of drug-likeness (QED) is 0.553. The number of hydrogen-bond acceptors (Lipinski definition) is 3. The van der Waals surface area contributed by atoms with Crippen molar-refractivity contribution in [3.63, 3.8) is 0 Å². The van der Waals surface area contributed by atoms with Gasteiger partial charge in [-0.3, -0.25) is 14.5 Å². The van der Waals surface area contributed by atoms with Crippen LogP contribution in [0.4, 0.5) is 0 Å². The van der Waals surface area contributed by atoms with E-state index in [-0.39, 0.29) is 23.5 Å². The van der Waals surface area contributed by atoms with Gasteiger partial charge in [-0.05, 0) is 19.8 Å². The van der Waals surface area contributed by atoms with Crippen LogP contribution in [0, 0.1) is 5.92 Å². The number of carbonyl (C=O) groups excluding carboxylic acids is 3. The summed E-state index contributed by atoms with van der Waals surface area (Å²) >= 11 is 0. The van der Waals surface area contributed by atoms with Crippen molar-refractivity contribution < 1.29 is 14.4 Å². The lowest BCUT2D eigenvalue weighted by molar-refractivity contribution is -0.139. The summed E-state index contributed by atoms with van der Waals surface area (Å²) in [6.07, 6.45) is 3.49. The summed E-state index contributed by atoms with van der Waals surface area (Å²) in [5.74, 6) is -0.0488. The van der Waals surface area contributed by atoms with Crippen molar-refractivity contribution in [3.8, 4) is 0 Å². The van der Waals surface area contributed by atoms with Gasteiger partial charge in [0.05, 0.1) is 0 Å². The average molecular weight is 285 g/mol. The molecule has 1 aliphatic rings. The first-order valence-electron chi connectivity index (χ1n) is 7.86. The van der Waals surface area contributed by atoms with Crippen LogP contribution in [0.25, 0.3) is 0 Å². The first-order valence-corrected chi connectivity index (χ1v) is 7.86. The first-order chi connectivity index (χ1) is 9.52. The summed E-state index contributed by atoms with van der Waals surface area (Å²) in [7, 11) is 0. The molecule has 0 saturated carbocycles. The van der Waals surface area contributed by atoms with E-state index in [2.05, 4.69) is 0 Å². The standard InChI is InChI=1S/C12H19NO3.2C2H6/c1-9-8-11(15)13(12(9)16)7-5-3-4-6-10(2)14;2*1-2/h9H,3-8H2,1-2H3;2*1-2H3. The van der Waals surface area contributed by atoms with Crippen LogP contribution in [0.3, 0.4) is 0 Å². The maximum atomic E-state index is 11.5. The molecule has 118 valence electrons. The Labute approximate surface area is 123 Å². The monoisotopic (exact) mass is 285 g/mol. The van der Waals surface area contributed by atoms with Crippen molar-refractivity contribution in [1.29, 1.82) is 0 Å². The van der Waals surface area contributed by atoms with Gasteiger partial charge in [0.25, 0.3) is 0 Å². The molecule has 0 aromatic heterocycles. The molecule has 0 bridgehead atoms. The highest BCUT2D eigenvalue weighted by molar-refractivity contribution is 6.03. The van der Waals surface area contributed by atoms with Gasteiger partial charge in [-0.25, -0.2) is 0 Å². The van der Waals surface area contributed by atoms with Crippen LogP contribution in [0.15, 0.2) is 0 Å². The second kappa shape index (κ2) is 12.8. The Morgan fingerprint density at radius 3 is 2.05 bits per heavy atom. The molecular formula is C16H31NO3. The van der Waals surface area contributed by atoms with Crippen molar-refractivity contribution in [2.45, 2.75) is 73.6 Å². The number of nitrogens with zero attached hydrogens (tertiary/aromatic N) is 1. The van der Waals surface area contributed by atoms with E-state index in [0.717, 1.165) is 19.3 Å². The van der Waals surface area contributed by atoms with E-state index in [1.807, 2.05) is 27.7 Å². The number of imide groups is 1. The van der Waals surface area contributed by atoms with Gasteiger partial charge < -0.3 is 4.79 Å². The van der Waals surface area contributed by atoms with Crippen LogP contribution in [-0.2, 0) is 14.4 Å². The van der Waals surface area contributed by atoms with Gasteiger partial charge in [-0.1, -0.05) is 41.0 Å².